The Bertz CT molecular complexity index is 243. The van der Waals surface area contributed by atoms with Gasteiger partial charge in [-0.3, -0.25) is 0 Å². The second kappa shape index (κ2) is 5.13. The molecule has 0 N–H and O–H groups in total. The van der Waals surface area contributed by atoms with Crippen LogP contribution in [0.5, 0.6) is 0 Å². The third-order valence-electron chi connectivity index (χ3n) is 1.54. The van der Waals surface area contributed by atoms with Gasteiger partial charge in [-0.25, -0.2) is 0 Å². The molecule has 0 unspecified atom stereocenters. The van der Waals surface area contributed by atoms with Crippen LogP contribution < -0.4 is 4.46 Å². The molecule has 0 spiro atoms. The average molecular weight is 227 g/mol. The summed E-state index contributed by atoms with van der Waals surface area (Å²) in [6, 6.07) is 10.2. The number of Topliss-reactive ketones (excluding diaryl/α,β-unsaturated/α-hetero) is 1. The quantitative estimate of drug-likeness (QED) is 0.711. The number of carbonyl (C=O) groups excluding carboxylic acids is 1. The molecular weight excluding hydrogens is 215 g/mol. The van der Waals surface area contributed by atoms with Crippen molar-refractivity contribution in [3.63, 3.8) is 0 Å². The first-order valence-electron chi connectivity index (χ1n) is 4.02. The first-order valence-corrected chi connectivity index (χ1v) is 6.09. The average Bonchev–Trinajstić information content (AvgIpc) is 2.16. The Morgan fingerprint density at radius 1 is 1.33 bits per heavy atom. The Labute approximate surface area is 79.3 Å². The topological polar surface area (TPSA) is 17.1 Å². The molecule has 0 bridgehead atoms. The number of ketones is 1. The van der Waals surface area contributed by atoms with Crippen molar-refractivity contribution in [2.45, 2.75) is 18.7 Å². The molecule has 1 aromatic rings. The van der Waals surface area contributed by atoms with Crippen LogP contribution in [-0.2, 0) is 4.79 Å². The van der Waals surface area contributed by atoms with E-state index in [-0.39, 0.29) is 0 Å². The van der Waals surface area contributed by atoms with Gasteiger partial charge in [0.2, 0.25) is 0 Å². The zero-order chi connectivity index (χ0) is 8.81. The van der Waals surface area contributed by atoms with Crippen molar-refractivity contribution in [3.05, 3.63) is 30.3 Å². The summed E-state index contributed by atoms with van der Waals surface area (Å²) in [7, 11) is 0. The number of carbonyl (C=O) groups is 1. The Kier molecular flexibility index (Phi) is 4.06. The summed E-state index contributed by atoms with van der Waals surface area (Å²) in [5.41, 5.74) is 0. The van der Waals surface area contributed by atoms with Crippen LogP contribution in [0.25, 0.3) is 0 Å². The van der Waals surface area contributed by atoms with E-state index in [1.807, 2.05) is 25.1 Å². The number of rotatable bonds is 4. The monoisotopic (exact) mass is 228 g/mol. The maximum absolute atomic E-state index is 11.0. The Morgan fingerprint density at radius 3 is 2.58 bits per heavy atom. The maximum atomic E-state index is 11.0. The van der Waals surface area contributed by atoms with Gasteiger partial charge in [-0.15, -0.1) is 0 Å². The summed E-state index contributed by atoms with van der Waals surface area (Å²) in [6.07, 6.45) is 0.675. The van der Waals surface area contributed by atoms with Gasteiger partial charge in [0.25, 0.3) is 0 Å². The standard InChI is InChI=1S/C10H12OSe/c1-2-9(11)8-12-10-6-4-3-5-7-10/h3-7H,2,8H2,1H3. The van der Waals surface area contributed by atoms with Gasteiger partial charge in [0.05, 0.1) is 0 Å². The summed E-state index contributed by atoms with van der Waals surface area (Å²) in [5, 5.41) is 0.744. The molecule has 0 radical (unpaired) electrons. The Morgan fingerprint density at radius 2 is 2.00 bits per heavy atom. The molecule has 0 fully saturated rings. The third-order valence-corrected chi connectivity index (χ3v) is 3.79. The fraction of sp³-hybridized carbons (Fsp3) is 0.300. The molecule has 0 heterocycles. The molecule has 0 amide bonds. The minimum absolute atomic E-state index is 0.342. The van der Waals surface area contributed by atoms with Crippen molar-refractivity contribution < 1.29 is 4.79 Å². The molecule has 1 nitrogen and oxygen atoms in total. The summed E-state index contributed by atoms with van der Waals surface area (Å²) < 4.78 is 1.31. The second-order valence-corrected chi connectivity index (χ2v) is 4.69. The van der Waals surface area contributed by atoms with Crippen LogP contribution in [0.4, 0.5) is 0 Å². The predicted octanol–water partition coefficient (Wildman–Crippen LogP) is 1.41. The third kappa shape index (κ3) is 3.20. The van der Waals surface area contributed by atoms with E-state index in [1.54, 1.807) is 0 Å². The molecule has 1 rings (SSSR count). The Hall–Kier alpha value is -0.591. The molecule has 0 atom stereocenters. The van der Waals surface area contributed by atoms with Crippen LogP contribution in [0.1, 0.15) is 13.3 Å². The zero-order valence-corrected chi connectivity index (χ0v) is 8.83. The number of hydrogen-bond acceptors (Lipinski definition) is 1. The van der Waals surface area contributed by atoms with Crippen molar-refractivity contribution in [1.29, 1.82) is 0 Å². The van der Waals surface area contributed by atoms with E-state index in [0.717, 1.165) is 5.32 Å². The van der Waals surface area contributed by atoms with Gasteiger partial charge < -0.3 is 0 Å². The summed E-state index contributed by atoms with van der Waals surface area (Å²) in [5.74, 6) is 0.374. The summed E-state index contributed by atoms with van der Waals surface area (Å²) in [6.45, 7) is 1.92. The van der Waals surface area contributed by atoms with Crippen LogP contribution in [-0.4, -0.2) is 20.7 Å². The van der Waals surface area contributed by atoms with Gasteiger partial charge in [-0.1, -0.05) is 0 Å². The zero-order valence-electron chi connectivity index (χ0n) is 7.12. The first kappa shape index (κ1) is 9.50. The van der Waals surface area contributed by atoms with E-state index in [0.29, 0.717) is 27.2 Å². The molecule has 12 heavy (non-hydrogen) atoms. The van der Waals surface area contributed by atoms with E-state index in [1.165, 1.54) is 4.46 Å². The molecule has 0 saturated carbocycles. The number of benzene rings is 1. The van der Waals surface area contributed by atoms with Crippen LogP contribution in [0.2, 0.25) is 5.32 Å². The molecule has 0 aromatic heterocycles. The molecular formula is C10H12OSe. The SMILES string of the molecule is CCC(=O)C[Se]c1ccccc1. The van der Waals surface area contributed by atoms with Gasteiger partial charge >= 0.3 is 79.0 Å². The summed E-state index contributed by atoms with van der Waals surface area (Å²) >= 11 is 0.342. The van der Waals surface area contributed by atoms with Crippen molar-refractivity contribution in [2.24, 2.45) is 0 Å². The molecule has 64 valence electrons. The fourth-order valence-electron chi connectivity index (χ4n) is 0.783. The van der Waals surface area contributed by atoms with E-state index >= 15 is 0 Å². The van der Waals surface area contributed by atoms with Gasteiger partial charge in [0, 0.05) is 0 Å². The van der Waals surface area contributed by atoms with Gasteiger partial charge in [-0.2, -0.15) is 0 Å². The first-order chi connectivity index (χ1) is 5.83. The summed E-state index contributed by atoms with van der Waals surface area (Å²) in [4.78, 5) is 11.0. The molecule has 2 heteroatoms. The van der Waals surface area contributed by atoms with E-state index in [4.69, 9.17) is 0 Å². The van der Waals surface area contributed by atoms with E-state index in [9.17, 15) is 4.79 Å². The molecule has 0 aliphatic carbocycles. The van der Waals surface area contributed by atoms with Crippen molar-refractivity contribution in [3.8, 4) is 0 Å². The Balaban J connectivity index is 2.38. The molecule has 1 aromatic carbocycles. The van der Waals surface area contributed by atoms with Crippen molar-refractivity contribution >= 4 is 25.2 Å². The van der Waals surface area contributed by atoms with Gasteiger partial charge in [0.1, 0.15) is 0 Å². The normalized spacial score (nSPS) is 9.75. The van der Waals surface area contributed by atoms with Crippen LogP contribution in [0, 0.1) is 0 Å². The molecule has 0 saturated heterocycles. The van der Waals surface area contributed by atoms with Gasteiger partial charge in [-0.05, 0) is 0 Å². The van der Waals surface area contributed by atoms with Crippen molar-refractivity contribution in [2.75, 3.05) is 0 Å². The predicted molar refractivity (Wildman–Crippen MR) is 51.9 cm³/mol. The van der Waals surface area contributed by atoms with E-state index < -0.39 is 0 Å². The molecule has 0 aliphatic heterocycles. The van der Waals surface area contributed by atoms with Crippen LogP contribution >= 0.6 is 0 Å². The van der Waals surface area contributed by atoms with Crippen molar-refractivity contribution in [1.82, 2.24) is 0 Å². The van der Waals surface area contributed by atoms with E-state index in [2.05, 4.69) is 12.1 Å². The molecule has 0 aliphatic rings. The van der Waals surface area contributed by atoms with Crippen LogP contribution in [0.15, 0.2) is 30.3 Å². The minimum atomic E-state index is 0.342. The number of hydrogen-bond donors (Lipinski definition) is 0. The van der Waals surface area contributed by atoms with Crippen LogP contribution in [0.3, 0.4) is 0 Å². The second-order valence-electron chi connectivity index (χ2n) is 2.49. The fourth-order valence-corrected chi connectivity index (χ4v) is 2.63. The van der Waals surface area contributed by atoms with Gasteiger partial charge in [0.15, 0.2) is 0 Å².